The van der Waals surface area contributed by atoms with E-state index in [0.29, 0.717) is 5.16 Å². The Bertz CT molecular complexity index is 666. The highest BCUT2D eigenvalue weighted by molar-refractivity contribution is 7.99. The van der Waals surface area contributed by atoms with E-state index in [4.69, 9.17) is 5.11 Å². The van der Waals surface area contributed by atoms with Crippen LogP contribution in [0.5, 0.6) is 0 Å². The number of carboxylic acid groups (broad SMARTS) is 1. The number of hydrogen-bond acceptors (Lipinski definition) is 4. The van der Waals surface area contributed by atoms with E-state index in [2.05, 4.69) is 9.97 Å². The summed E-state index contributed by atoms with van der Waals surface area (Å²) in [6, 6.07) is 3.96. The van der Waals surface area contributed by atoms with Gasteiger partial charge in [0.1, 0.15) is 5.82 Å². The Morgan fingerprint density at radius 1 is 1.20 bits per heavy atom. The Morgan fingerprint density at radius 2 is 1.80 bits per heavy atom. The van der Waals surface area contributed by atoms with Crippen molar-refractivity contribution in [2.45, 2.75) is 30.8 Å². The first kappa shape index (κ1) is 14.5. The molecule has 1 aromatic heterocycles. The minimum Gasteiger partial charge on any atom is -0.478 e. The molecule has 0 saturated carbocycles. The summed E-state index contributed by atoms with van der Waals surface area (Å²) in [6.07, 6.45) is 0. The van der Waals surface area contributed by atoms with Crippen LogP contribution in [0.3, 0.4) is 0 Å². The SMILES string of the molecule is Cc1nc(Sc2c(F)cccc2C(=O)O)nc(C)c1C. The summed E-state index contributed by atoms with van der Waals surface area (Å²) in [4.78, 5) is 19.7. The van der Waals surface area contributed by atoms with Crippen LogP contribution in [0.1, 0.15) is 27.3 Å². The van der Waals surface area contributed by atoms with Crippen LogP contribution in [-0.2, 0) is 0 Å². The Hall–Kier alpha value is -1.95. The molecule has 6 heteroatoms. The standard InChI is InChI=1S/C14H13FN2O2S/c1-7-8(2)16-14(17-9(7)3)20-12-10(13(18)19)5-4-6-11(12)15/h4-6H,1-3H3,(H,18,19). The van der Waals surface area contributed by atoms with Crippen molar-refractivity contribution in [1.29, 1.82) is 0 Å². The third kappa shape index (κ3) is 2.80. The second kappa shape index (κ2) is 5.58. The Morgan fingerprint density at radius 3 is 2.35 bits per heavy atom. The molecule has 0 radical (unpaired) electrons. The largest absolute Gasteiger partial charge is 0.478 e. The van der Waals surface area contributed by atoms with Crippen LogP contribution in [0.4, 0.5) is 4.39 Å². The molecule has 0 saturated heterocycles. The summed E-state index contributed by atoms with van der Waals surface area (Å²) in [5.74, 6) is -1.76. The molecular formula is C14H13FN2O2S. The molecular weight excluding hydrogens is 279 g/mol. The van der Waals surface area contributed by atoms with Crippen LogP contribution in [0.15, 0.2) is 28.3 Å². The molecule has 4 nitrogen and oxygen atoms in total. The van der Waals surface area contributed by atoms with Gasteiger partial charge in [0.25, 0.3) is 0 Å². The summed E-state index contributed by atoms with van der Waals surface area (Å²) >= 11 is 0.928. The summed E-state index contributed by atoms with van der Waals surface area (Å²) < 4.78 is 13.8. The Kier molecular flexibility index (Phi) is 4.04. The van der Waals surface area contributed by atoms with Gasteiger partial charge in [0.05, 0.1) is 10.5 Å². The zero-order chi connectivity index (χ0) is 14.9. The summed E-state index contributed by atoms with van der Waals surface area (Å²) in [6.45, 7) is 5.59. The molecule has 0 spiro atoms. The predicted molar refractivity (Wildman–Crippen MR) is 73.7 cm³/mol. The number of carboxylic acids is 1. The zero-order valence-corrected chi connectivity index (χ0v) is 12.1. The molecule has 20 heavy (non-hydrogen) atoms. The van der Waals surface area contributed by atoms with E-state index in [1.54, 1.807) is 0 Å². The van der Waals surface area contributed by atoms with Crippen molar-refractivity contribution < 1.29 is 14.3 Å². The molecule has 0 fully saturated rings. The molecule has 0 atom stereocenters. The molecule has 0 aliphatic rings. The minimum atomic E-state index is -1.17. The molecule has 0 aliphatic carbocycles. The van der Waals surface area contributed by atoms with Crippen LogP contribution in [-0.4, -0.2) is 21.0 Å². The maximum atomic E-state index is 13.8. The number of aromatic carboxylic acids is 1. The van der Waals surface area contributed by atoms with Crippen LogP contribution < -0.4 is 0 Å². The molecule has 104 valence electrons. The third-order valence-electron chi connectivity index (χ3n) is 3.00. The van der Waals surface area contributed by atoms with E-state index in [-0.39, 0.29) is 10.5 Å². The average Bonchev–Trinajstić information content (AvgIpc) is 2.38. The molecule has 0 unspecified atom stereocenters. The highest BCUT2D eigenvalue weighted by Crippen LogP contribution is 2.31. The Balaban J connectivity index is 2.47. The van der Waals surface area contributed by atoms with Crippen LogP contribution in [0.2, 0.25) is 0 Å². The fourth-order valence-corrected chi connectivity index (χ4v) is 2.64. The maximum Gasteiger partial charge on any atom is 0.336 e. The lowest BCUT2D eigenvalue weighted by molar-refractivity contribution is 0.0692. The number of hydrogen-bond donors (Lipinski definition) is 1. The van der Waals surface area contributed by atoms with Crippen molar-refractivity contribution in [3.63, 3.8) is 0 Å². The van der Waals surface area contributed by atoms with E-state index in [1.807, 2.05) is 20.8 Å². The van der Waals surface area contributed by atoms with Crippen molar-refractivity contribution in [3.8, 4) is 0 Å². The molecule has 0 aliphatic heterocycles. The molecule has 1 heterocycles. The van der Waals surface area contributed by atoms with Crippen LogP contribution in [0.25, 0.3) is 0 Å². The highest BCUT2D eigenvalue weighted by atomic mass is 32.2. The van der Waals surface area contributed by atoms with Gasteiger partial charge in [-0.1, -0.05) is 6.07 Å². The second-order valence-electron chi connectivity index (χ2n) is 4.33. The third-order valence-corrected chi connectivity index (χ3v) is 3.99. The van der Waals surface area contributed by atoms with E-state index < -0.39 is 11.8 Å². The summed E-state index contributed by atoms with van der Waals surface area (Å²) in [5.41, 5.74) is 2.48. The first-order chi connectivity index (χ1) is 9.40. The first-order valence-electron chi connectivity index (χ1n) is 5.91. The van der Waals surface area contributed by atoms with Crippen molar-refractivity contribution in [3.05, 3.63) is 46.5 Å². The van der Waals surface area contributed by atoms with Crippen molar-refractivity contribution in [2.24, 2.45) is 0 Å². The number of aromatic nitrogens is 2. The quantitative estimate of drug-likeness (QED) is 0.878. The summed E-state index contributed by atoms with van der Waals surface area (Å²) in [7, 11) is 0. The van der Waals surface area contributed by atoms with Crippen molar-refractivity contribution in [1.82, 2.24) is 9.97 Å². The molecule has 0 amide bonds. The highest BCUT2D eigenvalue weighted by Gasteiger charge is 2.17. The lowest BCUT2D eigenvalue weighted by atomic mass is 10.2. The van der Waals surface area contributed by atoms with Gasteiger partial charge in [0.2, 0.25) is 0 Å². The van der Waals surface area contributed by atoms with Gasteiger partial charge in [-0.25, -0.2) is 19.2 Å². The van der Waals surface area contributed by atoms with Gasteiger partial charge in [-0.2, -0.15) is 0 Å². The van der Waals surface area contributed by atoms with Crippen molar-refractivity contribution in [2.75, 3.05) is 0 Å². The lowest BCUT2D eigenvalue weighted by Gasteiger charge is -2.09. The van der Waals surface area contributed by atoms with Gasteiger partial charge < -0.3 is 5.11 Å². The number of aryl methyl sites for hydroxylation is 2. The minimum absolute atomic E-state index is 0.0302. The second-order valence-corrected chi connectivity index (χ2v) is 5.30. The lowest BCUT2D eigenvalue weighted by Crippen LogP contribution is -2.02. The van der Waals surface area contributed by atoms with E-state index >= 15 is 0 Å². The van der Waals surface area contributed by atoms with Crippen LogP contribution >= 0.6 is 11.8 Å². The molecule has 2 rings (SSSR count). The maximum absolute atomic E-state index is 13.8. The van der Waals surface area contributed by atoms with Crippen molar-refractivity contribution >= 4 is 17.7 Å². The fourth-order valence-electron chi connectivity index (χ4n) is 1.66. The monoisotopic (exact) mass is 292 g/mol. The normalized spacial score (nSPS) is 10.6. The summed E-state index contributed by atoms with van der Waals surface area (Å²) in [5, 5.41) is 9.45. The first-order valence-corrected chi connectivity index (χ1v) is 6.73. The molecule has 1 N–H and O–H groups in total. The number of nitrogens with zero attached hydrogens (tertiary/aromatic N) is 2. The smallest absolute Gasteiger partial charge is 0.336 e. The van der Waals surface area contributed by atoms with Gasteiger partial charge in [-0.15, -0.1) is 0 Å². The van der Waals surface area contributed by atoms with Gasteiger partial charge in [0, 0.05) is 11.4 Å². The van der Waals surface area contributed by atoms with Gasteiger partial charge in [-0.05, 0) is 50.2 Å². The van der Waals surface area contributed by atoms with Gasteiger partial charge >= 0.3 is 5.97 Å². The van der Waals surface area contributed by atoms with Gasteiger partial charge in [-0.3, -0.25) is 0 Å². The molecule has 0 bridgehead atoms. The zero-order valence-electron chi connectivity index (χ0n) is 11.3. The van der Waals surface area contributed by atoms with Crippen LogP contribution in [0, 0.1) is 26.6 Å². The topological polar surface area (TPSA) is 63.1 Å². The predicted octanol–water partition coefficient (Wildman–Crippen LogP) is 3.39. The van der Waals surface area contributed by atoms with Gasteiger partial charge in [0.15, 0.2) is 5.16 Å². The van der Waals surface area contributed by atoms with E-state index in [0.717, 1.165) is 28.7 Å². The molecule has 1 aromatic carbocycles. The number of halogens is 1. The molecule has 2 aromatic rings. The number of rotatable bonds is 3. The average molecular weight is 292 g/mol. The Labute approximate surface area is 120 Å². The van der Waals surface area contributed by atoms with E-state index in [9.17, 15) is 9.18 Å². The fraction of sp³-hybridized carbons (Fsp3) is 0.214. The van der Waals surface area contributed by atoms with E-state index in [1.165, 1.54) is 18.2 Å². The number of carbonyl (C=O) groups is 1. The number of benzene rings is 1.